The predicted octanol–water partition coefficient (Wildman–Crippen LogP) is 0.459. The number of carboxylic acids is 1. The van der Waals surface area contributed by atoms with E-state index in [4.69, 9.17) is 6.48 Å². The van der Waals surface area contributed by atoms with Crippen molar-refractivity contribution >= 4 is 5.97 Å². The van der Waals surface area contributed by atoms with Crippen molar-refractivity contribution in [2.75, 3.05) is 7.02 Å². The first-order valence-corrected chi connectivity index (χ1v) is 2.97. The fourth-order valence-corrected chi connectivity index (χ4v) is 0.602. The van der Waals surface area contributed by atoms with Crippen LogP contribution in [0.4, 0.5) is 0 Å². The van der Waals surface area contributed by atoms with Crippen LogP contribution in [0.5, 0.6) is 0 Å². The molecule has 0 spiro atoms. The predicted molar refractivity (Wildman–Crippen MR) is 35.4 cm³/mol. The number of nitrogens with one attached hydrogen (secondary N) is 1. The van der Waals surface area contributed by atoms with E-state index in [0.717, 1.165) is 6.42 Å². The van der Waals surface area contributed by atoms with Crippen molar-refractivity contribution in [3.63, 3.8) is 0 Å². The third-order valence-corrected chi connectivity index (χ3v) is 1.12. The van der Waals surface area contributed by atoms with Gasteiger partial charge in [0.05, 0.1) is 0 Å². The summed E-state index contributed by atoms with van der Waals surface area (Å²) in [7, 11) is -0.0308. The molecule has 1 atom stereocenters. The van der Waals surface area contributed by atoms with Gasteiger partial charge in [-0.05, 0) is 13.4 Å². The van der Waals surface area contributed by atoms with E-state index in [0.29, 0.717) is 6.42 Å². The summed E-state index contributed by atoms with van der Waals surface area (Å²) in [6, 6.07) is -0.539. The maximum absolute atomic E-state index is 10.3. The molecular formula is C6H13NO2. The van der Waals surface area contributed by atoms with Crippen molar-refractivity contribution in [1.29, 1.82) is 0 Å². The molecular weight excluding hydrogens is 118 g/mol. The number of carbonyl (C=O) groups is 1. The molecule has 0 rings (SSSR count). The molecule has 9 heavy (non-hydrogen) atoms. The summed E-state index contributed by atoms with van der Waals surface area (Å²) in [5.41, 5.74) is 0. The second-order valence-electron chi connectivity index (χ2n) is 1.88. The van der Waals surface area contributed by atoms with Crippen molar-refractivity contribution in [3.8, 4) is 0 Å². The van der Waals surface area contributed by atoms with Gasteiger partial charge in [0.1, 0.15) is 6.04 Å². The Labute approximate surface area is 56.5 Å². The van der Waals surface area contributed by atoms with Crippen LogP contribution in [-0.2, 0) is 4.79 Å². The normalized spacial score (nSPS) is 14.6. The van der Waals surface area contributed by atoms with Gasteiger partial charge in [-0.3, -0.25) is 4.79 Å². The first-order chi connectivity index (χ1) is 4.72. The Kier molecular flexibility index (Phi) is 3.15. The van der Waals surface area contributed by atoms with Crippen LogP contribution in [0.25, 0.3) is 0 Å². The lowest BCUT2D eigenvalue weighted by Gasteiger charge is -2.07. The minimum atomic E-state index is -0.867. The Bertz CT molecular complexity index is 102. The summed E-state index contributed by atoms with van der Waals surface area (Å²) in [4.78, 5) is 10.3. The zero-order chi connectivity index (χ0) is 7.98. The van der Waals surface area contributed by atoms with E-state index >= 15 is 0 Å². The van der Waals surface area contributed by atoms with Crippen LogP contribution in [0.15, 0.2) is 0 Å². The molecule has 0 aliphatic carbocycles. The Morgan fingerprint density at radius 1 is 2.00 bits per heavy atom. The molecule has 0 bridgehead atoms. The van der Waals surface area contributed by atoms with Crippen LogP contribution >= 0.6 is 0 Å². The molecule has 54 valence electrons. The molecule has 0 fully saturated rings. The molecule has 0 aromatic carbocycles. The van der Waals surface area contributed by atoms with E-state index in [1.54, 1.807) is 0 Å². The zero-order valence-electron chi connectivity index (χ0n) is 6.55. The van der Waals surface area contributed by atoms with Crippen molar-refractivity contribution in [1.82, 2.24) is 5.32 Å². The number of rotatable bonds is 4. The van der Waals surface area contributed by atoms with Gasteiger partial charge >= 0.3 is 5.97 Å². The van der Waals surface area contributed by atoms with Gasteiger partial charge < -0.3 is 10.4 Å². The molecule has 0 aliphatic heterocycles. The van der Waals surface area contributed by atoms with Gasteiger partial charge in [-0.1, -0.05) is 13.3 Å². The van der Waals surface area contributed by atoms with Gasteiger partial charge in [0.15, 0.2) is 0 Å². The molecule has 0 amide bonds. The fraction of sp³-hybridized carbons (Fsp3) is 0.833. The Morgan fingerprint density at radius 2 is 2.67 bits per heavy atom. The van der Waals surface area contributed by atoms with Crippen molar-refractivity contribution in [2.24, 2.45) is 0 Å². The maximum Gasteiger partial charge on any atom is 0.320 e. The molecule has 3 heteroatoms. The number of carboxylic acid groups (broad SMARTS) is 1. The van der Waals surface area contributed by atoms with E-state index in [1.807, 2.05) is 6.92 Å². The summed E-state index contributed by atoms with van der Waals surface area (Å²) in [5, 5.41) is 11.0. The summed E-state index contributed by atoms with van der Waals surface area (Å²) in [5.74, 6) is -0.867. The average Bonchev–Trinajstić information content (AvgIpc) is 1.87. The van der Waals surface area contributed by atoms with Crippen molar-refractivity contribution in [2.45, 2.75) is 25.8 Å². The highest BCUT2D eigenvalue weighted by Crippen LogP contribution is 1.94. The van der Waals surface area contributed by atoms with E-state index in [9.17, 15) is 4.79 Å². The second-order valence-corrected chi connectivity index (χ2v) is 1.88. The van der Waals surface area contributed by atoms with Gasteiger partial charge in [-0.25, -0.2) is 0 Å². The lowest BCUT2D eigenvalue weighted by Crippen LogP contribution is -2.33. The van der Waals surface area contributed by atoms with E-state index in [1.165, 1.54) is 0 Å². The van der Waals surface area contributed by atoms with Crippen molar-refractivity contribution in [3.05, 3.63) is 0 Å². The molecule has 0 heterocycles. The molecule has 0 aromatic rings. The highest BCUT2D eigenvalue weighted by molar-refractivity contribution is 5.73. The molecule has 0 aliphatic rings. The lowest BCUT2D eigenvalue weighted by atomic mass is 10.2. The summed E-state index contributed by atoms with van der Waals surface area (Å²) >= 11 is 0. The number of hydrogen-bond donors (Lipinski definition) is 2. The highest BCUT2D eigenvalue weighted by Gasteiger charge is 2.11. The number of likely N-dealkylation sites (N-methyl/N-ethyl adjacent to an activating group) is 1. The SMILES string of the molecule is [2H]CN[C@@H](CCC)C(=O)O. The molecule has 0 unspecified atom stereocenters. The summed E-state index contributed by atoms with van der Waals surface area (Å²) in [6.07, 6.45) is 1.41. The van der Waals surface area contributed by atoms with E-state index in [-0.39, 0.29) is 7.02 Å². The minimum absolute atomic E-state index is 0.0308. The number of aliphatic carboxylic acids is 1. The first-order valence-electron chi connectivity index (χ1n) is 3.68. The Hall–Kier alpha value is -0.570. The zero-order valence-corrected chi connectivity index (χ0v) is 5.55. The quantitative estimate of drug-likeness (QED) is 0.584. The Balaban J connectivity index is 3.61. The molecule has 0 radical (unpaired) electrons. The highest BCUT2D eigenvalue weighted by atomic mass is 16.4. The van der Waals surface area contributed by atoms with Crippen LogP contribution < -0.4 is 5.32 Å². The molecule has 3 nitrogen and oxygen atoms in total. The molecule has 0 saturated carbocycles. The lowest BCUT2D eigenvalue weighted by molar-refractivity contribution is -0.139. The number of hydrogen-bond acceptors (Lipinski definition) is 2. The molecule has 0 saturated heterocycles. The van der Waals surface area contributed by atoms with E-state index < -0.39 is 12.0 Å². The van der Waals surface area contributed by atoms with Crippen molar-refractivity contribution < 1.29 is 11.3 Å². The van der Waals surface area contributed by atoms with Crippen LogP contribution in [0.3, 0.4) is 0 Å². The van der Waals surface area contributed by atoms with Gasteiger partial charge in [-0.15, -0.1) is 0 Å². The third kappa shape index (κ3) is 3.08. The Morgan fingerprint density at radius 3 is 3.00 bits per heavy atom. The second kappa shape index (κ2) is 4.32. The monoisotopic (exact) mass is 132 g/mol. The summed E-state index contributed by atoms with van der Waals surface area (Å²) in [6.45, 7) is 1.92. The maximum atomic E-state index is 10.3. The molecule has 2 N–H and O–H groups in total. The van der Waals surface area contributed by atoms with Gasteiger partial charge in [0.25, 0.3) is 0 Å². The summed E-state index contributed by atoms with van der Waals surface area (Å²) < 4.78 is 6.73. The van der Waals surface area contributed by atoms with Crippen LogP contribution in [0.1, 0.15) is 21.1 Å². The van der Waals surface area contributed by atoms with Crippen LogP contribution in [0, 0.1) is 0 Å². The van der Waals surface area contributed by atoms with Gasteiger partial charge in [-0.2, -0.15) is 0 Å². The van der Waals surface area contributed by atoms with E-state index in [2.05, 4.69) is 5.32 Å². The van der Waals surface area contributed by atoms with Gasteiger partial charge in [0, 0.05) is 1.37 Å². The smallest absolute Gasteiger partial charge is 0.320 e. The topological polar surface area (TPSA) is 49.3 Å². The fourth-order valence-electron chi connectivity index (χ4n) is 0.602. The average molecular weight is 132 g/mol. The minimum Gasteiger partial charge on any atom is -0.480 e. The largest absolute Gasteiger partial charge is 0.480 e. The van der Waals surface area contributed by atoms with Crippen LogP contribution in [-0.4, -0.2) is 24.1 Å². The van der Waals surface area contributed by atoms with Crippen LogP contribution in [0.2, 0.25) is 0 Å². The molecule has 0 aromatic heterocycles. The first kappa shape index (κ1) is 6.55. The third-order valence-electron chi connectivity index (χ3n) is 1.12. The van der Waals surface area contributed by atoms with Gasteiger partial charge in [0.2, 0.25) is 0 Å². The standard InChI is InChI=1S/C6H13NO2/c1-3-4-5(7-2)6(8)9/h5,7H,3-4H2,1-2H3,(H,8,9)/t5-/m0/s1/i2D.